The van der Waals surface area contributed by atoms with Crippen molar-refractivity contribution < 1.29 is 14.1 Å². The van der Waals surface area contributed by atoms with Crippen LogP contribution in [0.1, 0.15) is 43.2 Å². The molecular formula is C15H20O3S. The smallest absolute Gasteiger partial charge is 0.307 e. The third-order valence-corrected chi connectivity index (χ3v) is 5.49. The molecule has 1 atom stereocenters. The molecule has 0 amide bonds. The minimum absolute atomic E-state index is 0.0119. The van der Waals surface area contributed by atoms with Gasteiger partial charge in [-0.2, -0.15) is 0 Å². The van der Waals surface area contributed by atoms with Crippen LogP contribution in [-0.4, -0.2) is 20.5 Å². The maximum atomic E-state index is 12.4. The van der Waals surface area contributed by atoms with Gasteiger partial charge in [-0.15, -0.1) is 0 Å². The van der Waals surface area contributed by atoms with Crippen LogP contribution in [0.4, 0.5) is 0 Å². The molecule has 1 aliphatic carbocycles. The van der Waals surface area contributed by atoms with Crippen LogP contribution in [0.5, 0.6) is 0 Å². The fourth-order valence-electron chi connectivity index (χ4n) is 2.63. The highest BCUT2D eigenvalue weighted by Gasteiger charge is 2.20. The fraction of sp³-hybridized carbons (Fsp3) is 0.533. The van der Waals surface area contributed by atoms with Gasteiger partial charge in [0.05, 0.1) is 6.42 Å². The maximum Gasteiger partial charge on any atom is 0.307 e. The van der Waals surface area contributed by atoms with E-state index in [1.165, 1.54) is 19.3 Å². The molecular weight excluding hydrogens is 260 g/mol. The summed E-state index contributed by atoms with van der Waals surface area (Å²) in [6.45, 7) is 0. The molecule has 0 radical (unpaired) electrons. The van der Waals surface area contributed by atoms with Gasteiger partial charge in [-0.05, 0) is 24.0 Å². The molecule has 1 saturated carbocycles. The molecule has 3 nitrogen and oxygen atoms in total. The summed E-state index contributed by atoms with van der Waals surface area (Å²) in [6.07, 6.45) is 5.71. The van der Waals surface area contributed by atoms with E-state index in [2.05, 4.69) is 0 Å². The summed E-state index contributed by atoms with van der Waals surface area (Å²) in [5.74, 6) is -0.343. The van der Waals surface area contributed by atoms with Gasteiger partial charge in [0.1, 0.15) is 0 Å². The summed E-state index contributed by atoms with van der Waals surface area (Å²) in [7, 11) is -0.875. The first-order valence-corrected chi connectivity index (χ1v) is 8.21. The molecule has 0 heterocycles. The molecule has 0 spiro atoms. The summed E-state index contributed by atoms with van der Waals surface area (Å²) in [5.41, 5.74) is 1.72. The van der Waals surface area contributed by atoms with E-state index in [0.717, 1.165) is 24.0 Å². The third-order valence-electron chi connectivity index (χ3n) is 3.68. The van der Waals surface area contributed by atoms with Gasteiger partial charge >= 0.3 is 5.97 Å². The van der Waals surface area contributed by atoms with E-state index in [-0.39, 0.29) is 6.42 Å². The molecule has 19 heavy (non-hydrogen) atoms. The Morgan fingerprint density at radius 2 is 1.79 bits per heavy atom. The minimum Gasteiger partial charge on any atom is -0.481 e. The largest absolute Gasteiger partial charge is 0.481 e. The number of carboxylic acid groups (broad SMARTS) is 1. The molecule has 1 N–H and O–H groups in total. The van der Waals surface area contributed by atoms with Crippen molar-refractivity contribution in [1.29, 1.82) is 0 Å². The summed E-state index contributed by atoms with van der Waals surface area (Å²) in [6, 6.07) is 7.45. The van der Waals surface area contributed by atoms with Crippen LogP contribution in [-0.2, 0) is 27.8 Å². The molecule has 1 aliphatic rings. The zero-order valence-electron chi connectivity index (χ0n) is 11.0. The topological polar surface area (TPSA) is 54.4 Å². The van der Waals surface area contributed by atoms with E-state index in [1.54, 1.807) is 0 Å². The van der Waals surface area contributed by atoms with Gasteiger partial charge in [-0.1, -0.05) is 43.5 Å². The number of aliphatic carboxylic acids is 1. The summed E-state index contributed by atoms with van der Waals surface area (Å²) in [5, 5.41) is 9.20. The lowest BCUT2D eigenvalue weighted by Gasteiger charge is -2.21. The second kappa shape index (κ2) is 6.85. The lowest BCUT2D eigenvalue weighted by Crippen LogP contribution is -2.20. The Morgan fingerprint density at radius 3 is 2.42 bits per heavy atom. The lowest BCUT2D eigenvalue weighted by atomic mass is 10.0. The number of carboxylic acids is 1. The van der Waals surface area contributed by atoms with Gasteiger partial charge < -0.3 is 5.11 Å². The number of carbonyl (C=O) groups is 1. The number of rotatable bonds is 5. The Labute approximate surface area is 116 Å². The summed E-state index contributed by atoms with van der Waals surface area (Å²) in [4.78, 5) is 10.8. The van der Waals surface area contributed by atoms with Crippen molar-refractivity contribution in [3.05, 3.63) is 35.4 Å². The maximum absolute atomic E-state index is 12.4. The molecule has 0 aromatic heterocycles. The molecule has 0 aliphatic heterocycles. The highest BCUT2D eigenvalue weighted by molar-refractivity contribution is 7.84. The van der Waals surface area contributed by atoms with E-state index in [4.69, 9.17) is 5.11 Å². The van der Waals surface area contributed by atoms with Crippen molar-refractivity contribution >= 4 is 16.8 Å². The van der Waals surface area contributed by atoms with Crippen molar-refractivity contribution in [2.24, 2.45) is 0 Å². The van der Waals surface area contributed by atoms with Gasteiger partial charge in [-0.3, -0.25) is 9.00 Å². The molecule has 4 heteroatoms. The summed E-state index contributed by atoms with van der Waals surface area (Å²) >= 11 is 0. The number of hydrogen-bond donors (Lipinski definition) is 1. The van der Waals surface area contributed by atoms with E-state index in [0.29, 0.717) is 11.0 Å². The fourth-order valence-corrected chi connectivity index (χ4v) is 4.32. The zero-order valence-corrected chi connectivity index (χ0v) is 11.8. The van der Waals surface area contributed by atoms with Crippen LogP contribution in [0.2, 0.25) is 0 Å². The van der Waals surface area contributed by atoms with Crippen LogP contribution >= 0.6 is 0 Å². The van der Waals surface area contributed by atoms with Crippen LogP contribution < -0.4 is 0 Å². The Bertz CT molecular complexity index is 464. The highest BCUT2D eigenvalue weighted by atomic mass is 32.2. The van der Waals surface area contributed by atoms with E-state index in [1.807, 2.05) is 24.3 Å². The first-order valence-electron chi connectivity index (χ1n) is 6.82. The monoisotopic (exact) mass is 280 g/mol. The van der Waals surface area contributed by atoms with Crippen molar-refractivity contribution in [1.82, 2.24) is 0 Å². The molecule has 0 bridgehead atoms. The third kappa shape index (κ3) is 4.16. The van der Waals surface area contributed by atoms with Gasteiger partial charge in [0.25, 0.3) is 0 Å². The lowest BCUT2D eigenvalue weighted by molar-refractivity contribution is -0.136. The first-order chi connectivity index (χ1) is 9.16. The predicted octanol–water partition coefficient (Wildman–Crippen LogP) is 2.90. The van der Waals surface area contributed by atoms with Crippen molar-refractivity contribution in [2.45, 2.75) is 49.5 Å². The Hall–Kier alpha value is -1.16. The molecule has 1 aromatic rings. The Balaban J connectivity index is 2.05. The van der Waals surface area contributed by atoms with Crippen LogP contribution in [0.3, 0.4) is 0 Å². The predicted molar refractivity (Wildman–Crippen MR) is 76.5 cm³/mol. The molecule has 1 aromatic carbocycles. The normalized spacial score (nSPS) is 18.1. The second-order valence-corrected chi connectivity index (χ2v) is 6.84. The highest BCUT2D eigenvalue weighted by Crippen LogP contribution is 2.24. The number of benzene rings is 1. The molecule has 0 saturated heterocycles. The van der Waals surface area contributed by atoms with Crippen molar-refractivity contribution in [3.8, 4) is 0 Å². The molecule has 1 fully saturated rings. The molecule has 2 rings (SSSR count). The van der Waals surface area contributed by atoms with Crippen LogP contribution in [0, 0.1) is 0 Å². The minimum atomic E-state index is -0.875. The average molecular weight is 280 g/mol. The van der Waals surface area contributed by atoms with Gasteiger partial charge in [0.2, 0.25) is 0 Å². The van der Waals surface area contributed by atoms with E-state index >= 15 is 0 Å². The number of hydrogen-bond acceptors (Lipinski definition) is 2. The van der Waals surface area contributed by atoms with E-state index in [9.17, 15) is 9.00 Å². The summed E-state index contributed by atoms with van der Waals surface area (Å²) < 4.78 is 12.4. The van der Waals surface area contributed by atoms with E-state index < -0.39 is 16.8 Å². The zero-order chi connectivity index (χ0) is 13.7. The molecule has 1 unspecified atom stereocenters. The van der Waals surface area contributed by atoms with Crippen LogP contribution in [0.15, 0.2) is 24.3 Å². The SMILES string of the molecule is O=C(O)Cc1ccccc1CS(=O)C1CCCCC1. The molecule has 104 valence electrons. The van der Waals surface area contributed by atoms with Gasteiger partial charge in [0, 0.05) is 21.8 Å². The second-order valence-electron chi connectivity index (χ2n) is 5.12. The Morgan fingerprint density at radius 1 is 1.16 bits per heavy atom. The van der Waals surface area contributed by atoms with Gasteiger partial charge in [-0.25, -0.2) is 0 Å². The van der Waals surface area contributed by atoms with Gasteiger partial charge in [0.15, 0.2) is 0 Å². The first kappa shape index (κ1) is 14.3. The van der Waals surface area contributed by atoms with Crippen LogP contribution in [0.25, 0.3) is 0 Å². The standard InChI is InChI=1S/C15H20O3S/c16-15(17)10-12-6-4-5-7-13(12)11-19(18)14-8-2-1-3-9-14/h4-7,14H,1-3,8-11H2,(H,16,17). The Kier molecular flexibility index (Phi) is 5.14. The van der Waals surface area contributed by atoms with Crippen molar-refractivity contribution in [2.75, 3.05) is 0 Å². The van der Waals surface area contributed by atoms with Crippen molar-refractivity contribution in [3.63, 3.8) is 0 Å². The average Bonchev–Trinajstić information content (AvgIpc) is 2.41. The quantitative estimate of drug-likeness (QED) is 0.902.